The first-order valence-corrected chi connectivity index (χ1v) is 7.19. The molecule has 2 N–H and O–H groups in total. The first-order valence-electron chi connectivity index (χ1n) is 7.19. The van der Waals surface area contributed by atoms with Gasteiger partial charge in [-0.2, -0.15) is 0 Å². The van der Waals surface area contributed by atoms with Crippen molar-refractivity contribution in [2.75, 3.05) is 27.3 Å². The van der Waals surface area contributed by atoms with E-state index < -0.39 is 5.54 Å². The van der Waals surface area contributed by atoms with Crippen molar-refractivity contribution in [1.29, 1.82) is 0 Å². The Bertz CT molecular complexity index is 563. The SMILES string of the molecule is CNC(=O)C[C@]1(COC)CCCN1C(=O)c1ncccc1O. The average molecular weight is 307 g/mol. The molecule has 0 spiro atoms. The number of aromatic hydroxyl groups is 1. The second kappa shape index (κ2) is 6.74. The molecule has 1 aliphatic heterocycles. The molecule has 2 amide bonds. The minimum absolute atomic E-state index is 0.00165. The third kappa shape index (κ3) is 3.04. The van der Waals surface area contributed by atoms with Gasteiger partial charge in [0.15, 0.2) is 5.69 Å². The third-order valence-electron chi connectivity index (χ3n) is 4.01. The fraction of sp³-hybridized carbons (Fsp3) is 0.533. The van der Waals surface area contributed by atoms with Crippen LogP contribution >= 0.6 is 0 Å². The van der Waals surface area contributed by atoms with E-state index in [2.05, 4.69) is 10.3 Å². The zero-order valence-corrected chi connectivity index (χ0v) is 12.8. The Hall–Kier alpha value is -2.15. The predicted molar refractivity (Wildman–Crippen MR) is 79.5 cm³/mol. The Morgan fingerprint density at radius 1 is 1.55 bits per heavy atom. The number of hydrogen-bond acceptors (Lipinski definition) is 5. The van der Waals surface area contributed by atoms with Crippen LogP contribution in [-0.2, 0) is 9.53 Å². The molecule has 0 bridgehead atoms. The van der Waals surface area contributed by atoms with Gasteiger partial charge in [-0.15, -0.1) is 0 Å². The smallest absolute Gasteiger partial charge is 0.276 e. The minimum atomic E-state index is -0.699. The molecule has 0 aromatic carbocycles. The van der Waals surface area contributed by atoms with E-state index in [9.17, 15) is 14.7 Å². The summed E-state index contributed by atoms with van der Waals surface area (Å²) < 4.78 is 5.26. The van der Waals surface area contributed by atoms with Gasteiger partial charge < -0.3 is 20.1 Å². The largest absolute Gasteiger partial charge is 0.505 e. The van der Waals surface area contributed by atoms with Gasteiger partial charge in [0.2, 0.25) is 5.91 Å². The summed E-state index contributed by atoms with van der Waals surface area (Å²) in [4.78, 5) is 30.2. The monoisotopic (exact) mass is 307 g/mol. The lowest BCUT2D eigenvalue weighted by molar-refractivity contribution is -0.123. The third-order valence-corrected chi connectivity index (χ3v) is 4.01. The van der Waals surface area contributed by atoms with Crippen LogP contribution in [0, 0.1) is 0 Å². The van der Waals surface area contributed by atoms with E-state index in [0.29, 0.717) is 13.0 Å². The molecular formula is C15H21N3O4. The van der Waals surface area contributed by atoms with Gasteiger partial charge in [-0.1, -0.05) is 0 Å². The molecule has 22 heavy (non-hydrogen) atoms. The van der Waals surface area contributed by atoms with E-state index in [1.807, 2.05) is 0 Å². The first kappa shape index (κ1) is 16.2. The molecule has 2 rings (SSSR count). The zero-order chi connectivity index (χ0) is 16.2. The summed E-state index contributed by atoms with van der Waals surface area (Å²) in [6.07, 6.45) is 3.07. The van der Waals surface area contributed by atoms with Crippen molar-refractivity contribution in [2.45, 2.75) is 24.8 Å². The van der Waals surface area contributed by atoms with Crippen LogP contribution in [-0.4, -0.2) is 59.7 Å². The van der Waals surface area contributed by atoms with Gasteiger partial charge in [-0.3, -0.25) is 9.59 Å². The molecule has 1 atom stereocenters. The fourth-order valence-electron chi connectivity index (χ4n) is 2.99. The van der Waals surface area contributed by atoms with Crippen molar-refractivity contribution in [3.05, 3.63) is 24.0 Å². The van der Waals surface area contributed by atoms with Gasteiger partial charge >= 0.3 is 0 Å². The highest BCUT2D eigenvalue weighted by Gasteiger charge is 2.46. The van der Waals surface area contributed by atoms with Gasteiger partial charge in [0.25, 0.3) is 5.91 Å². The highest BCUT2D eigenvalue weighted by Crippen LogP contribution is 2.35. The fourth-order valence-corrected chi connectivity index (χ4v) is 2.99. The van der Waals surface area contributed by atoms with E-state index in [1.165, 1.54) is 12.3 Å². The summed E-state index contributed by atoms with van der Waals surface area (Å²) in [6.45, 7) is 0.773. The standard InChI is InChI=1S/C15H21N3O4/c1-16-12(20)9-15(10-22-2)6-4-8-18(15)14(21)13-11(19)5-3-7-17-13/h3,5,7,19H,4,6,8-10H2,1-2H3,(H,16,20)/t15-/m0/s1. The number of aromatic nitrogens is 1. The molecule has 1 saturated heterocycles. The molecule has 0 saturated carbocycles. The van der Waals surface area contributed by atoms with E-state index in [1.54, 1.807) is 25.1 Å². The van der Waals surface area contributed by atoms with Gasteiger partial charge in [0, 0.05) is 26.9 Å². The Morgan fingerprint density at radius 3 is 2.95 bits per heavy atom. The summed E-state index contributed by atoms with van der Waals surface area (Å²) >= 11 is 0. The molecule has 2 heterocycles. The molecule has 1 aromatic rings. The molecule has 1 aromatic heterocycles. The number of nitrogens with zero attached hydrogens (tertiary/aromatic N) is 2. The molecule has 120 valence electrons. The Balaban J connectivity index is 2.32. The van der Waals surface area contributed by atoms with Gasteiger partial charge in [0.1, 0.15) is 5.75 Å². The molecule has 7 heteroatoms. The Kier molecular flexibility index (Phi) is 4.97. The van der Waals surface area contributed by atoms with E-state index in [4.69, 9.17) is 4.74 Å². The number of carbonyl (C=O) groups excluding carboxylic acids is 2. The number of amides is 2. The number of nitrogens with one attached hydrogen (secondary N) is 1. The van der Waals surface area contributed by atoms with E-state index >= 15 is 0 Å². The van der Waals surface area contributed by atoms with Crippen molar-refractivity contribution >= 4 is 11.8 Å². The quantitative estimate of drug-likeness (QED) is 0.828. The highest BCUT2D eigenvalue weighted by molar-refractivity contribution is 5.96. The minimum Gasteiger partial charge on any atom is -0.505 e. The lowest BCUT2D eigenvalue weighted by Gasteiger charge is -2.37. The maximum Gasteiger partial charge on any atom is 0.276 e. The van der Waals surface area contributed by atoms with Crippen LogP contribution in [0.5, 0.6) is 5.75 Å². The van der Waals surface area contributed by atoms with Crippen LogP contribution in [0.1, 0.15) is 29.8 Å². The van der Waals surface area contributed by atoms with Gasteiger partial charge in [-0.25, -0.2) is 4.98 Å². The Labute approximate surface area is 129 Å². The number of hydrogen-bond donors (Lipinski definition) is 2. The first-order chi connectivity index (χ1) is 10.5. The summed E-state index contributed by atoms with van der Waals surface area (Å²) in [6, 6.07) is 2.98. The van der Waals surface area contributed by atoms with Crippen LogP contribution in [0.15, 0.2) is 18.3 Å². The molecular weight excluding hydrogens is 286 g/mol. The number of methoxy groups -OCH3 is 1. The summed E-state index contributed by atoms with van der Waals surface area (Å²) in [5, 5.41) is 12.4. The lowest BCUT2D eigenvalue weighted by atomic mass is 9.92. The van der Waals surface area contributed by atoms with E-state index in [0.717, 1.165) is 6.42 Å². The number of carbonyl (C=O) groups is 2. The van der Waals surface area contributed by atoms with Crippen LogP contribution in [0.25, 0.3) is 0 Å². The molecule has 0 radical (unpaired) electrons. The van der Waals surface area contributed by atoms with Gasteiger partial charge in [0.05, 0.1) is 18.6 Å². The number of ether oxygens (including phenoxy) is 1. The van der Waals surface area contributed by atoms with Crippen molar-refractivity contribution < 1.29 is 19.4 Å². The van der Waals surface area contributed by atoms with E-state index in [-0.39, 0.29) is 36.3 Å². The lowest BCUT2D eigenvalue weighted by Crippen LogP contribution is -2.53. The maximum absolute atomic E-state index is 12.7. The predicted octanol–water partition coefficient (Wildman–Crippen LogP) is 0.545. The molecule has 0 unspecified atom stereocenters. The van der Waals surface area contributed by atoms with Crippen LogP contribution in [0.2, 0.25) is 0 Å². The van der Waals surface area contributed by atoms with Crippen LogP contribution < -0.4 is 5.32 Å². The van der Waals surface area contributed by atoms with Crippen molar-refractivity contribution in [2.24, 2.45) is 0 Å². The number of likely N-dealkylation sites (tertiary alicyclic amines) is 1. The molecule has 1 fully saturated rings. The summed E-state index contributed by atoms with van der Waals surface area (Å²) in [5.41, 5.74) is -0.697. The number of rotatable bonds is 5. The molecule has 7 nitrogen and oxygen atoms in total. The van der Waals surface area contributed by atoms with Crippen molar-refractivity contribution in [3.8, 4) is 5.75 Å². The maximum atomic E-state index is 12.7. The highest BCUT2D eigenvalue weighted by atomic mass is 16.5. The average Bonchev–Trinajstić information content (AvgIpc) is 2.90. The normalized spacial score (nSPS) is 20.9. The Morgan fingerprint density at radius 2 is 2.32 bits per heavy atom. The number of pyridine rings is 1. The topological polar surface area (TPSA) is 91.8 Å². The summed E-state index contributed by atoms with van der Waals surface area (Å²) in [5.74, 6) is -0.691. The van der Waals surface area contributed by atoms with Crippen molar-refractivity contribution in [3.63, 3.8) is 0 Å². The molecule has 0 aliphatic carbocycles. The summed E-state index contributed by atoms with van der Waals surface area (Å²) in [7, 11) is 3.11. The second-order valence-corrected chi connectivity index (χ2v) is 5.44. The second-order valence-electron chi connectivity index (χ2n) is 5.44. The molecule has 1 aliphatic rings. The zero-order valence-electron chi connectivity index (χ0n) is 12.8. The van der Waals surface area contributed by atoms with Crippen molar-refractivity contribution in [1.82, 2.24) is 15.2 Å². The van der Waals surface area contributed by atoms with Gasteiger partial charge in [-0.05, 0) is 25.0 Å². The van der Waals surface area contributed by atoms with Crippen LogP contribution in [0.3, 0.4) is 0 Å². The van der Waals surface area contributed by atoms with Crippen LogP contribution in [0.4, 0.5) is 0 Å².